The summed E-state index contributed by atoms with van der Waals surface area (Å²) in [6.07, 6.45) is 0. The predicted molar refractivity (Wildman–Crippen MR) is 102 cm³/mol. The summed E-state index contributed by atoms with van der Waals surface area (Å²) in [5.74, 6) is 1.62. The van der Waals surface area contributed by atoms with Gasteiger partial charge in [0.25, 0.3) is 0 Å². The molecule has 2 aromatic carbocycles. The maximum absolute atomic E-state index is 4.79. The maximum Gasteiger partial charge on any atom is 0.229 e. The van der Waals surface area contributed by atoms with E-state index in [1.54, 1.807) is 0 Å². The van der Waals surface area contributed by atoms with Crippen LogP contribution in [0.4, 0.5) is 17.5 Å². The maximum atomic E-state index is 4.79. The second-order valence-corrected chi connectivity index (χ2v) is 5.98. The molecule has 0 atom stereocenters. The monoisotopic (exact) mass is 320 g/mol. The molecule has 1 N–H and O–H groups in total. The molecule has 0 unspecified atom stereocenters. The molecular formula is C20H24N4. The van der Waals surface area contributed by atoms with Gasteiger partial charge in [0.05, 0.1) is 5.52 Å². The quantitative estimate of drug-likeness (QED) is 0.730. The Hall–Kier alpha value is -2.62. The van der Waals surface area contributed by atoms with Crippen LogP contribution in [0.25, 0.3) is 10.9 Å². The number of hydrogen-bond acceptors (Lipinski definition) is 4. The lowest BCUT2D eigenvalue weighted by Crippen LogP contribution is -2.23. The Kier molecular flexibility index (Phi) is 4.65. The molecule has 1 aromatic heterocycles. The number of para-hydroxylation sites is 1. The molecule has 3 aromatic rings. The third-order valence-electron chi connectivity index (χ3n) is 4.41. The average Bonchev–Trinajstić information content (AvgIpc) is 2.59. The minimum atomic E-state index is 0.638. The van der Waals surface area contributed by atoms with Crippen molar-refractivity contribution >= 4 is 28.4 Å². The Morgan fingerprint density at radius 3 is 2.38 bits per heavy atom. The SMILES string of the molecule is CCN(CC)c1nc(Nc2ccc(C)c(C)c2)nc2ccccc12. The zero-order valence-electron chi connectivity index (χ0n) is 14.8. The first-order valence-corrected chi connectivity index (χ1v) is 8.48. The highest BCUT2D eigenvalue weighted by Crippen LogP contribution is 2.26. The van der Waals surface area contributed by atoms with Crippen LogP contribution in [0.2, 0.25) is 0 Å². The molecule has 24 heavy (non-hydrogen) atoms. The third-order valence-corrected chi connectivity index (χ3v) is 4.41. The largest absolute Gasteiger partial charge is 0.356 e. The molecule has 0 bridgehead atoms. The van der Waals surface area contributed by atoms with Crippen molar-refractivity contribution in [1.82, 2.24) is 9.97 Å². The van der Waals surface area contributed by atoms with E-state index in [1.165, 1.54) is 11.1 Å². The van der Waals surface area contributed by atoms with Crippen LogP contribution in [-0.4, -0.2) is 23.1 Å². The highest BCUT2D eigenvalue weighted by molar-refractivity contribution is 5.90. The van der Waals surface area contributed by atoms with Crippen molar-refractivity contribution in [3.63, 3.8) is 0 Å². The van der Waals surface area contributed by atoms with Gasteiger partial charge in [0.1, 0.15) is 5.82 Å². The van der Waals surface area contributed by atoms with Crippen molar-refractivity contribution in [2.45, 2.75) is 27.7 Å². The second-order valence-electron chi connectivity index (χ2n) is 5.98. The summed E-state index contributed by atoms with van der Waals surface area (Å²) in [5.41, 5.74) is 4.51. The fraction of sp³-hybridized carbons (Fsp3) is 0.300. The Bertz CT molecular complexity index is 853. The molecule has 0 aliphatic heterocycles. The number of aromatic nitrogens is 2. The van der Waals surface area contributed by atoms with Gasteiger partial charge in [0.15, 0.2) is 0 Å². The standard InChI is InChI=1S/C20H24N4/c1-5-24(6-2)19-17-9-7-8-10-18(17)22-20(23-19)21-16-12-11-14(3)15(4)13-16/h7-13H,5-6H2,1-4H3,(H,21,22,23). The zero-order valence-corrected chi connectivity index (χ0v) is 14.8. The van der Waals surface area contributed by atoms with Crippen LogP contribution in [0.3, 0.4) is 0 Å². The minimum Gasteiger partial charge on any atom is -0.356 e. The summed E-state index contributed by atoms with van der Waals surface area (Å²) in [6, 6.07) is 14.5. The van der Waals surface area contributed by atoms with Gasteiger partial charge in [-0.25, -0.2) is 4.98 Å². The molecular weight excluding hydrogens is 296 g/mol. The van der Waals surface area contributed by atoms with Crippen molar-refractivity contribution in [3.05, 3.63) is 53.6 Å². The number of aryl methyl sites for hydroxylation is 2. The summed E-state index contributed by atoms with van der Waals surface area (Å²) in [5, 5.41) is 4.45. The molecule has 0 amide bonds. The molecule has 0 fully saturated rings. The van der Waals surface area contributed by atoms with E-state index in [1.807, 2.05) is 18.2 Å². The van der Waals surface area contributed by atoms with Crippen LogP contribution in [0.5, 0.6) is 0 Å². The smallest absolute Gasteiger partial charge is 0.229 e. The summed E-state index contributed by atoms with van der Waals surface area (Å²) < 4.78 is 0. The number of nitrogens with one attached hydrogen (secondary N) is 1. The lowest BCUT2D eigenvalue weighted by Gasteiger charge is -2.22. The number of nitrogens with zero attached hydrogens (tertiary/aromatic N) is 3. The summed E-state index contributed by atoms with van der Waals surface area (Å²) in [7, 11) is 0. The molecule has 124 valence electrons. The van der Waals surface area contributed by atoms with E-state index in [9.17, 15) is 0 Å². The first kappa shape index (κ1) is 16.2. The van der Waals surface area contributed by atoms with E-state index in [2.05, 4.69) is 67.2 Å². The van der Waals surface area contributed by atoms with E-state index in [0.29, 0.717) is 5.95 Å². The van der Waals surface area contributed by atoms with E-state index >= 15 is 0 Å². The van der Waals surface area contributed by atoms with Crippen molar-refractivity contribution in [3.8, 4) is 0 Å². The van der Waals surface area contributed by atoms with Gasteiger partial charge in [0, 0.05) is 24.2 Å². The lowest BCUT2D eigenvalue weighted by molar-refractivity contribution is 0.850. The molecule has 3 rings (SSSR count). The van der Waals surface area contributed by atoms with Crippen molar-refractivity contribution in [2.75, 3.05) is 23.3 Å². The normalized spacial score (nSPS) is 10.8. The van der Waals surface area contributed by atoms with Gasteiger partial charge < -0.3 is 10.2 Å². The van der Waals surface area contributed by atoms with Crippen molar-refractivity contribution in [2.24, 2.45) is 0 Å². The van der Waals surface area contributed by atoms with Crippen LogP contribution >= 0.6 is 0 Å². The van der Waals surface area contributed by atoms with E-state index in [0.717, 1.165) is 35.5 Å². The van der Waals surface area contributed by atoms with Gasteiger partial charge in [-0.15, -0.1) is 0 Å². The molecule has 4 heteroatoms. The number of anilines is 3. The fourth-order valence-electron chi connectivity index (χ4n) is 2.83. The number of benzene rings is 2. The molecule has 4 nitrogen and oxygen atoms in total. The Balaban J connectivity index is 2.06. The predicted octanol–water partition coefficient (Wildman–Crippen LogP) is 4.84. The highest BCUT2D eigenvalue weighted by atomic mass is 15.2. The molecule has 1 heterocycles. The van der Waals surface area contributed by atoms with E-state index in [4.69, 9.17) is 4.98 Å². The van der Waals surface area contributed by atoms with Crippen LogP contribution < -0.4 is 10.2 Å². The first-order chi connectivity index (χ1) is 11.6. The van der Waals surface area contributed by atoms with Crippen molar-refractivity contribution in [1.29, 1.82) is 0 Å². The molecule has 0 radical (unpaired) electrons. The first-order valence-electron chi connectivity index (χ1n) is 8.48. The fourth-order valence-corrected chi connectivity index (χ4v) is 2.83. The molecule has 0 aliphatic carbocycles. The van der Waals surface area contributed by atoms with Gasteiger partial charge >= 0.3 is 0 Å². The number of rotatable bonds is 5. The highest BCUT2D eigenvalue weighted by Gasteiger charge is 2.12. The third kappa shape index (κ3) is 3.18. The van der Waals surface area contributed by atoms with E-state index < -0.39 is 0 Å². The Labute approximate surface area is 143 Å². The zero-order chi connectivity index (χ0) is 17.1. The van der Waals surface area contributed by atoms with Gasteiger partial charge in [-0.05, 0) is 63.1 Å². The number of fused-ring (bicyclic) bond motifs is 1. The topological polar surface area (TPSA) is 41.1 Å². The van der Waals surface area contributed by atoms with E-state index in [-0.39, 0.29) is 0 Å². The second kappa shape index (κ2) is 6.87. The summed E-state index contributed by atoms with van der Waals surface area (Å²) >= 11 is 0. The lowest BCUT2D eigenvalue weighted by atomic mass is 10.1. The van der Waals surface area contributed by atoms with Crippen LogP contribution in [0.15, 0.2) is 42.5 Å². The van der Waals surface area contributed by atoms with Gasteiger partial charge in [-0.3, -0.25) is 0 Å². The molecule has 0 aliphatic rings. The molecule has 0 spiro atoms. The Morgan fingerprint density at radius 2 is 1.67 bits per heavy atom. The van der Waals surface area contributed by atoms with Gasteiger partial charge in [-0.2, -0.15) is 4.98 Å². The van der Waals surface area contributed by atoms with Crippen molar-refractivity contribution < 1.29 is 0 Å². The van der Waals surface area contributed by atoms with Crippen LogP contribution in [-0.2, 0) is 0 Å². The number of hydrogen-bond donors (Lipinski definition) is 1. The van der Waals surface area contributed by atoms with Crippen LogP contribution in [0, 0.1) is 13.8 Å². The van der Waals surface area contributed by atoms with Crippen LogP contribution in [0.1, 0.15) is 25.0 Å². The average molecular weight is 320 g/mol. The van der Waals surface area contributed by atoms with Gasteiger partial charge in [0.2, 0.25) is 5.95 Å². The molecule has 0 saturated carbocycles. The summed E-state index contributed by atoms with van der Waals surface area (Å²) in [4.78, 5) is 11.7. The van der Waals surface area contributed by atoms with Gasteiger partial charge in [-0.1, -0.05) is 18.2 Å². The molecule has 0 saturated heterocycles. The Morgan fingerprint density at radius 1 is 0.917 bits per heavy atom. The minimum absolute atomic E-state index is 0.638. The summed E-state index contributed by atoms with van der Waals surface area (Å²) in [6.45, 7) is 10.4.